The van der Waals surface area contributed by atoms with E-state index in [1.807, 2.05) is 12.1 Å². The van der Waals surface area contributed by atoms with E-state index in [0.29, 0.717) is 5.92 Å². The molecule has 1 fully saturated rings. The summed E-state index contributed by atoms with van der Waals surface area (Å²) in [6, 6.07) is 15.4. The Morgan fingerprint density at radius 2 is 1.75 bits per heavy atom. The molecule has 1 aliphatic rings. The van der Waals surface area contributed by atoms with Crippen LogP contribution in [0.3, 0.4) is 0 Å². The first-order valence-electron chi connectivity index (χ1n) is 8.43. The summed E-state index contributed by atoms with van der Waals surface area (Å²) in [5, 5.41) is 6.08. The highest BCUT2D eigenvalue weighted by molar-refractivity contribution is 7.98. The number of hydrogen-bond donors (Lipinski definition) is 1. The SMILES string of the molecule is CSc1c(C2CCNCC2)c2ccccc2n1-c1ccc(F)cc1. The molecule has 1 N–H and O–H groups in total. The first-order valence-corrected chi connectivity index (χ1v) is 9.66. The van der Waals surface area contributed by atoms with Crippen LogP contribution < -0.4 is 5.32 Å². The van der Waals surface area contributed by atoms with Crippen molar-refractivity contribution in [3.8, 4) is 5.69 Å². The van der Waals surface area contributed by atoms with Gasteiger partial charge in [0.25, 0.3) is 0 Å². The van der Waals surface area contributed by atoms with E-state index in [2.05, 4.69) is 40.4 Å². The van der Waals surface area contributed by atoms with Crippen LogP contribution in [-0.4, -0.2) is 23.9 Å². The highest BCUT2D eigenvalue weighted by Gasteiger charge is 2.25. The van der Waals surface area contributed by atoms with E-state index in [9.17, 15) is 4.39 Å². The average Bonchev–Trinajstić information content (AvgIpc) is 2.97. The zero-order valence-electron chi connectivity index (χ0n) is 13.8. The number of benzene rings is 2. The number of rotatable bonds is 3. The highest BCUT2D eigenvalue weighted by atomic mass is 32.2. The Morgan fingerprint density at radius 3 is 2.46 bits per heavy atom. The van der Waals surface area contributed by atoms with Gasteiger partial charge in [0.15, 0.2) is 0 Å². The lowest BCUT2D eigenvalue weighted by Crippen LogP contribution is -2.26. The summed E-state index contributed by atoms with van der Waals surface area (Å²) in [4.78, 5) is 0. The van der Waals surface area contributed by atoms with Crippen molar-refractivity contribution in [2.24, 2.45) is 0 Å². The van der Waals surface area contributed by atoms with Crippen molar-refractivity contribution in [2.45, 2.75) is 23.8 Å². The zero-order chi connectivity index (χ0) is 16.5. The predicted molar refractivity (Wildman–Crippen MR) is 99.9 cm³/mol. The lowest BCUT2D eigenvalue weighted by atomic mass is 9.90. The predicted octanol–water partition coefficient (Wildman–Crippen LogP) is 4.96. The second-order valence-electron chi connectivity index (χ2n) is 6.28. The summed E-state index contributed by atoms with van der Waals surface area (Å²) < 4.78 is 15.7. The highest BCUT2D eigenvalue weighted by Crippen LogP contribution is 2.41. The van der Waals surface area contributed by atoms with E-state index in [0.717, 1.165) is 18.8 Å². The summed E-state index contributed by atoms with van der Waals surface area (Å²) >= 11 is 1.79. The molecular formula is C20H21FN2S. The molecule has 4 heteroatoms. The second-order valence-corrected chi connectivity index (χ2v) is 7.07. The first-order chi connectivity index (χ1) is 11.8. The number of thioether (sulfide) groups is 1. The van der Waals surface area contributed by atoms with Crippen LogP contribution in [0.15, 0.2) is 53.6 Å². The minimum Gasteiger partial charge on any atom is -0.317 e. The lowest BCUT2D eigenvalue weighted by molar-refractivity contribution is 0.457. The van der Waals surface area contributed by atoms with Crippen LogP contribution in [0, 0.1) is 5.82 Å². The van der Waals surface area contributed by atoms with Gasteiger partial charge < -0.3 is 9.88 Å². The Balaban J connectivity index is 1.97. The lowest BCUT2D eigenvalue weighted by Gasteiger charge is -2.23. The van der Waals surface area contributed by atoms with Gasteiger partial charge in [-0.3, -0.25) is 0 Å². The Labute approximate surface area is 146 Å². The van der Waals surface area contributed by atoms with Gasteiger partial charge in [-0.05, 0) is 74.0 Å². The van der Waals surface area contributed by atoms with Crippen LogP contribution in [0.2, 0.25) is 0 Å². The van der Waals surface area contributed by atoms with Gasteiger partial charge in [-0.2, -0.15) is 0 Å². The number of piperidine rings is 1. The van der Waals surface area contributed by atoms with Gasteiger partial charge in [0.2, 0.25) is 0 Å². The van der Waals surface area contributed by atoms with Gasteiger partial charge in [-0.25, -0.2) is 4.39 Å². The third kappa shape index (κ3) is 2.64. The van der Waals surface area contributed by atoms with Crippen LogP contribution in [0.5, 0.6) is 0 Å². The maximum absolute atomic E-state index is 13.4. The van der Waals surface area contributed by atoms with Crippen LogP contribution in [0.25, 0.3) is 16.6 Å². The van der Waals surface area contributed by atoms with Gasteiger partial charge >= 0.3 is 0 Å². The van der Waals surface area contributed by atoms with Crippen molar-refractivity contribution in [1.29, 1.82) is 0 Å². The van der Waals surface area contributed by atoms with Crippen molar-refractivity contribution >= 4 is 22.7 Å². The largest absolute Gasteiger partial charge is 0.317 e. The number of halogens is 1. The number of para-hydroxylation sites is 1. The molecule has 1 saturated heterocycles. The minimum absolute atomic E-state index is 0.195. The maximum atomic E-state index is 13.4. The smallest absolute Gasteiger partial charge is 0.123 e. The van der Waals surface area contributed by atoms with Crippen molar-refractivity contribution in [3.05, 3.63) is 59.9 Å². The standard InChI is InChI=1S/C20H21FN2S/c1-24-20-19(14-10-12-22-13-11-14)17-4-2-3-5-18(17)23(20)16-8-6-15(21)7-9-16/h2-9,14,22H,10-13H2,1H3. The van der Waals surface area contributed by atoms with Crippen LogP contribution >= 0.6 is 11.8 Å². The number of nitrogens with one attached hydrogen (secondary N) is 1. The molecular weight excluding hydrogens is 319 g/mol. The Morgan fingerprint density at radius 1 is 1.04 bits per heavy atom. The fourth-order valence-electron chi connectivity index (χ4n) is 3.79. The second kappa shape index (κ2) is 6.61. The molecule has 4 rings (SSSR count). The van der Waals surface area contributed by atoms with E-state index in [-0.39, 0.29) is 5.82 Å². The summed E-state index contributed by atoms with van der Waals surface area (Å²) in [5.41, 5.74) is 3.70. The van der Waals surface area contributed by atoms with Crippen molar-refractivity contribution in [1.82, 2.24) is 9.88 Å². The molecule has 2 nitrogen and oxygen atoms in total. The molecule has 1 aliphatic heterocycles. The molecule has 0 unspecified atom stereocenters. The van der Waals surface area contributed by atoms with Gasteiger partial charge in [-0.1, -0.05) is 18.2 Å². The summed E-state index contributed by atoms with van der Waals surface area (Å²) in [5.74, 6) is 0.389. The maximum Gasteiger partial charge on any atom is 0.123 e. The number of aromatic nitrogens is 1. The Hall–Kier alpha value is -1.78. The molecule has 0 saturated carbocycles. The molecule has 0 amide bonds. The molecule has 1 aromatic heterocycles. The first kappa shape index (κ1) is 15.7. The number of fused-ring (bicyclic) bond motifs is 1. The van der Waals surface area contributed by atoms with E-state index in [1.54, 1.807) is 23.9 Å². The van der Waals surface area contributed by atoms with E-state index in [4.69, 9.17) is 0 Å². The molecule has 2 aromatic carbocycles. The fourth-order valence-corrected chi connectivity index (χ4v) is 4.68. The van der Waals surface area contributed by atoms with Gasteiger partial charge in [0, 0.05) is 11.1 Å². The van der Waals surface area contributed by atoms with Gasteiger partial charge in [0.1, 0.15) is 5.82 Å². The van der Waals surface area contributed by atoms with Crippen molar-refractivity contribution in [3.63, 3.8) is 0 Å². The molecule has 2 heterocycles. The van der Waals surface area contributed by atoms with Gasteiger partial charge in [0.05, 0.1) is 10.5 Å². The molecule has 0 spiro atoms. The van der Waals surface area contributed by atoms with E-state index in [1.165, 1.54) is 34.3 Å². The Bertz CT molecular complexity index is 848. The quantitative estimate of drug-likeness (QED) is 0.679. The van der Waals surface area contributed by atoms with Crippen LogP contribution in [0.4, 0.5) is 4.39 Å². The summed E-state index contributed by atoms with van der Waals surface area (Å²) in [7, 11) is 0. The van der Waals surface area contributed by atoms with Crippen LogP contribution in [-0.2, 0) is 0 Å². The average molecular weight is 340 g/mol. The number of nitrogens with zero attached hydrogens (tertiary/aromatic N) is 1. The molecule has 24 heavy (non-hydrogen) atoms. The third-order valence-corrected chi connectivity index (χ3v) is 5.68. The van der Waals surface area contributed by atoms with E-state index >= 15 is 0 Å². The molecule has 0 radical (unpaired) electrons. The fraction of sp³-hybridized carbons (Fsp3) is 0.300. The molecule has 3 aromatic rings. The molecule has 0 atom stereocenters. The number of hydrogen-bond acceptors (Lipinski definition) is 2. The van der Waals surface area contributed by atoms with Gasteiger partial charge in [-0.15, -0.1) is 11.8 Å². The molecule has 124 valence electrons. The summed E-state index contributed by atoms with van der Waals surface area (Å²) in [6.07, 6.45) is 4.48. The van der Waals surface area contributed by atoms with E-state index < -0.39 is 0 Å². The third-order valence-electron chi connectivity index (χ3n) is 4.89. The van der Waals surface area contributed by atoms with Crippen molar-refractivity contribution < 1.29 is 4.39 Å². The normalized spacial score (nSPS) is 15.9. The molecule has 0 bridgehead atoms. The van der Waals surface area contributed by atoms with Crippen molar-refractivity contribution in [2.75, 3.05) is 19.3 Å². The van der Waals surface area contributed by atoms with Crippen LogP contribution in [0.1, 0.15) is 24.3 Å². The topological polar surface area (TPSA) is 17.0 Å². The Kier molecular flexibility index (Phi) is 4.33. The summed E-state index contributed by atoms with van der Waals surface area (Å²) in [6.45, 7) is 2.16. The zero-order valence-corrected chi connectivity index (χ0v) is 14.6. The minimum atomic E-state index is -0.195. The molecule has 0 aliphatic carbocycles. The monoisotopic (exact) mass is 340 g/mol.